The molecule has 2 aromatic heterocycles. The Hall–Kier alpha value is -3.70. The summed E-state index contributed by atoms with van der Waals surface area (Å²) < 4.78 is 5.51. The number of benzene rings is 1. The van der Waals surface area contributed by atoms with Gasteiger partial charge in [-0.15, -0.1) is 11.3 Å². The highest BCUT2D eigenvalue weighted by Gasteiger charge is 2.46. The largest absolute Gasteiger partial charge is 0.503 e. The molecule has 4 rings (SSSR count). The molecule has 0 bridgehead atoms. The van der Waals surface area contributed by atoms with E-state index in [-0.39, 0.29) is 5.57 Å². The fourth-order valence-electron chi connectivity index (χ4n) is 3.38. The molecule has 1 aliphatic heterocycles. The van der Waals surface area contributed by atoms with Crippen molar-refractivity contribution >= 4 is 28.7 Å². The van der Waals surface area contributed by atoms with Gasteiger partial charge in [0, 0.05) is 5.69 Å². The second kappa shape index (κ2) is 7.04. The van der Waals surface area contributed by atoms with Crippen LogP contribution in [0, 0.1) is 25.2 Å². The molecule has 8 heteroatoms. The van der Waals surface area contributed by atoms with Gasteiger partial charge < -0.3 is 9.52 Å². The van der Waals surface area contributed by atoms with E-state index in [2.05, 4.69) is 4.98 Å². The number of nitrogens with zero attached hydrogens (tertiary/aromatic N) is 3. The minimum absolute atomic E-state index is 0.0546. The molecule has 3 aromatic rings. The molecule has 1 aromatic carbocycles. The molecule has 1 unspecified atom stereocenters. The minimum Gasteiger partial charge on any atom is -0.503 e. The van der Waals surface area contributed by atoms with Crippen molar-refractivity contribution in [2.75, 3.05) is 4.90 Å². The Morgan fingerprint density at radius 1 is 1.28 bits per heavy atom. The first-order valence-corrected chi connectivity index (χ1v) is 9.53. The Balaban J connectivity index is 1.85. The van der Waals surface area contributed by atoms with Gasteiger partial charge in [-0.2, -0.15) is 5.26 Å². The van der Waals surface area contributed by atoms with Gasteiger partial charge in [0.15, 0.2) is 5.76 Å². The van der Waals surface area contributed by atoms with Gasteiger partial charge in [-0.05, 0) is 50.2 Å². The summed E-state index contributed by atoms with van der Waals surface area (Å²) >= 11 is 1.21. The van der Waals surface area contributed by atoms with E-state index in [1.807, 2.05) is 6.07 Å². The number of hydrogen-bond acceptors (Lipinski definition) is 7. The molecule has 0 saturated heterocycles. The van der Waals surface area contributed by atoms with Crippen molar-refractivity contribution < 1.29 is 19.1 Å². The van der Waals surface area contributed by atoms with Crippen molar-refractivity contribution in [2.45, 2.75) is 19.9 Å². The smallest absolute Gasteiger partial charge is 0.294 e. The van der Waals surface area contributed by atoms with Crippen LogP contribution in [0.25, 0.3) is 0 Å². The third-order valence-corrected chi connectivity index (χ3v) is 5.72. The summed E-state index contributed by atoms with van der Waals surface area (Å²) in [6.45, 7) is 3.50. The third kappa shape index (κ3) is 3.02. The summed E-state index contributed by atoms with van der Waals surface area (Å²) in [6, 6.07) is 10.7. The lowest BCUT2D eigenvalue weighted by molar-refractivity contribution is -0.117. The van der Waals surface area contributed by atoms with Gasteiger partial charge in [-0.3, -0.25) is 14.5 Å². The zero-order chi connectivity index (χ0) is 20.7. The number of nitriles is 1. The maximum absolute atomic E-state index is 13.3. The molecular weight excluding hydrogens is 390 g/mol. The SMILES string of the molecule is Cc1nc(C)c(C(=O)C2=C(O)C(=O)N(c3ccc(C#N)cc3)C2c2ccco2)s1. The zero-order valence-electron chi connectivity index (χ0n) is 15.5. The number of ketones is 1. The van der Waals surface area contributed by atoms with Crippen LogP contribution in [0.5, 0.6) is 0 Å². The van der Waals surface area contributed by atoms with E-state index >= 15 is 0 Å². The van der Waals surface area contributed by atoms with E-state index in [4.69, 9.17) is 9.68 Å². The van der Waals surface area contributed by atoms with Crippen molar-refractivity contribution in [3.05, 3.63) is 80.9 Å². The molecule has 1 amide bonds. The molecule has 1 atom stereocenters. The van der Waals surface area contributed by atoms with Crippen LogP contribution in [0.1, 0.15) is 37.7 Å². The number of aromatic nitrogens is 1. The van der Waals surface area contributed by atoms with E-state index in [0.29, 0.717) is 32.6 Å². The van der Waals surface area contributed by atoms with Crippen LogP contribution in [-0.2, 0) is 4.79 Å². The lowest BCUT2D eigenvalue weighted by Crippen LogP contribution is -2.30. The van der Waals surface area contributed by atoms with Crippen LogP contribution in [0.3, 0.4) is 0 Å². The quantitative estimate of drug-likeness (QED) is 0.657. The van der Waals surface area contributed by atoms with E-state index in [9.17, 15) is 14.7 Å². The number of hydrogen-bond donors (Lipinski definition) is 1. The molecule has 144 valence electrons. The van der Waals surface area contributed by atoms with E-state index in [1.54, 1.807) is 50.2 Å². The van der Waals surface area contributed by atoms with Crippen LogP contribution in [0.15, 0.2) is 58.4 Å². The summed E-state index contributed by atoms with van der Waals surface area (Å²) in [4.78, 5) is 32.2. The number of thiazole rings is 1. The Morgan fingerprint density at radius 2 is 2.00 bits per heavy atom. The number of aliphatic hydroxyl groups excluding tert-OH is 1. The van der Waals surface area contributed by atoms with E-state index < -0.39 is 23.5 Å². The van der Waals surface area contributed by atoms with Crippen LogP contribution in [-0.4, -0.2) is 21.8 Å². The summed E-state index contributed by atoms with van der Waals surface area (Å²) in [5.74, 6) is -1.45. The van der Waals surface area contributed by atoms with Gasteiger partial charge >= 0.3 is 0 Å². The summed E-state index contributed by atoms with van der Waals surface area (Å²) in [5, 5.41) is 20.4. The zero-order valence-corrected chi connectivity index (χ0v) is 16.4. The topological polar surface area (TPSA) is 107 Å². The first-order valence-electron chi connectivity index (χ1n) is 8.71. The molecule has 0 radical (unpaired) electrons. The fourth-order valence-corrected chi connectivity index (χ4v) is 4.25. The number of Topliss-reactive ketones (excluding diaryl/α,β-unsaturated/α-hetero) is 1. The Kier molecular flexibility index (Phi) is 4.53. The molecule has 29 heavy (non-hydrogen) atoms. The van der Waals surface area contributed by atoms with Gasteiger partial charge in [0.2, 0.25) is 5.78 Å². The predicted molar refractivity (Wildman–Crippen MR) is 106 cm³/mol. The van der Waals surface area contributed by atoms with E-state index in [1.165, 1.54) is 22.5 Å². The Morgan fingerprint density at radius 3 is 2.55 bits per heavy atom. The van der Waals surface area contributed by atoms with Crippen molar-refractivity contribution in [3.8, 4) is 6.07 Å². The number of carbonyl (C=O) groups is 2. The van der Waals surface area contributed by atoms with Crippen molar-refractivity contribution in [2.24, 2.45) is 0 Å². The van der Waals surface area contributed by atoms with Crippen molar-refractivity contribution in [3.63, 3.8) is 0 Å². The highest BCUT2D eigenvalue weighted by molar-refractivity contribution is 7.14. The third-order valence-electron chi connectivity index (χ3n) is 4.65. The number of aliphatic hydroxyl groups is 1. The number of amides is 1. The lowest BCUT2D eigenvalue weighted by atomic mass is 9.99. The van der Waals surface area contributed by atoms with Crippen molar-refractivity contribution in [1.29, 1.82) is 5.26 Å². The first-order chi connectivity index (χ1) is 13.9. The van der Waals surface area contributed by atoms with E-state index in [0.717, 1.165) is 0 Å². The highest BCUT2D eigenvalue weighted by Crippen LogP contribution is 2.42. The summed E-state index contributed by atoms with van der Waals surface area (Å²) in [7, 11) is 0. The number of aryl methyl sites for hydroxylation is 2. The Bertz CT molecular complexity index is 1180. The molecule has 0 fully saturated rings. The molecule has 3 heterocycles. The molecule has 0 aliphatic carbocycles. The normalized spacial score (nSPS) is 16.4. The fraction of sp³-hybridized carbons (Fsp3) is 0.143. The van der Waals surface area contributed by atoms with Gasteiger partial charge in [0.05, 0.1) is 39.0 Å². The number of furan rings is 1. The average molecular weight is 405 g/mol. The molecular formula is C21H15N3O4S. The van der Waals surface area contributed by atoms with Gasteiger partial charge in [0.25, 0.3) is 5.91 Å². The number of anilines is 1. The summed E-state index contributed by atoms with van der Waals surface area (Å²) in [5.41, 5.74) is 1.35. The Labute approximate surface area is 170 Å². The van der Waals surface area contributed by atoms with Gasteiger partial charge in [-0.1, -0.05) is 0 Å². The lowest BCUT2D eigenvalue weighted by Gasteiger charge is -2.24. The van der Waals surface area contributed by atoms with Gasteiger partial charge in [0.1, 0.15) is 11.8 Å². The maximum Gasteiger partial charge on any atom is 0.294 e. The molecule has 7 nitrogen and oxygen atoms in total. The molecule has 0 spiro atoms. The number of carbonyl (C=O) groups excluding carboxylic acids is 2. The van der Waals surface area contributed by atoms with Crippen molar-refractivity contribution in [1.82, 2.24) is 4.98 Å². The first kappa shape index (κ1) is 18.7. The average Bonchev–Trinajstić information content (AvgIpc) is 3.41. The molecule has 1 aliphatic rings. The molecule has 1 N–H and O–H groups in total. The predicted octanol–water partition coefficient (Wildman–Crippen LogP) is 4.01. The maximum atomic E-state index is 13.3. The molecule has 0 saturated carbocycles. The standard InChI is InChI=1S/C21H15N3O4S/c1-11-20(29-12(2)23-11)18(25)16-17(15-4-3-9-28-15)24(21(27)19(16)26)14-7-5-13(10-22)6-8-14/h3-9,17,26H,1-2H3. The second-order valence-corrected chi connectivity index (χ2v) is 7.69. The van der Waals surface area contributed by atoms with Crippen LogP contribution in [0.4, 0.5) is 5.69 Å². The highest BCUT2D eigenvalue weighted by atomic mass is 32.1. The van der Waals surface area contributed by atoms with Crippen LogP contribution >= 0.6 is 11.3 Å². The summed E-state index contributed by atoms with van der Waals surface area (Å²) in [6.07, 6.45) is 1.44. The minimum atomic E-state index is -0.931. The van der Waals surface area contributed by atoms with Crippen LogP contribution < -0.4 is 4.90 Å². The van der Waals surface area contributed by atoms with Crippen LogP contribution in [0.2, 0.25) is 0 Å². The van der Waals surface area contributed by atoms with Gasteiger partial charge in [-0.25, -0.2) is 4.98 Å². The monoisotopic (exact) mass is 405 g/mol. The number of rotatable bonds is 4. The second-order valence-electron chi connectivity index (χ2n) is 6.49.